The van der Waals surface area contributed by atoms with Crippen molar-refractivity contribution in [1.82, 2.24) is 5.32 Å². The van der Waals surface area contributed by atoms with Crippen LogP contribution in [0.1, 0.15) is 31.2 Å². The molecular weight excluding hydrogens is 226 g/mol. The maximum atomic E-state index is 11.7. The van der Waals surface area contributed by atoms with Crippen LogP contribution >= 0.6 is 0 Å². The lowest BCUT2D eigenvalue weighted by molar-refractivity contribution is 0.248. The van der Waals surface area contributed by atoms with E-state index in [9.17, 15) is 4.79 Å². The summed E-state index contributed by atoms with van der Waals surface area (Å²) in [6.45, 7) is 0. The molecule has 2 rings (SSSR count). The topological polar surface area (TPSA) is 64.9 Å². The van der Waals surface area contributed by atoms with E-state index in [1.165, 1.54) is 12.8 Å². The van der Waals surface area contributed by atoms with Crippen LogP contribution in [0.2, 0.25) is 0 Å². The molecule has 94 valence electrons. The molecule has 0 aromatic heterocycles. The fraction of sp³-hybridized carbons (Fsp3) is 0.429. The lowest BCUT2D eigenvalue weighted by Gasteiger charge is -2.13. The summed E-state index contributed by atoms with van der Waals surface area (Å²) in [5.74, 6) is 0. The van der Waals surface area contributed by atoms with Gasteiger partial charge in [-0.1, -0.05) is 25.0 Å². The van der Waals surface area contributed by atoms with Crippen molar-refractivity contribution in [3.8, 4) is 6.07 Å². The normalized spacial score (nSPS) is 15.1. The van der Waals surface area contributed by atoms with Crippen molar-refractivity contribution in [2.75, 3.05) is 5.32 Å². The van der Waals surface area contributed by atoms with E-state index in [-0.39, 0.29) is 6.03 Å². The minimum Gasteiger partial charge on any atom is -0.335 e. The summed E-state index contributed by atoms with van der Waals surface area (Å²) in [5.41, 5.74) is 1.71. The van der Waals surface area contributed by atoms with Crippen LogP contribution in [0.4, 0.5) is 10.5 Å². The molecule has 1 saturated carbocycles. The van der Waals surface area contributed by atoms with E-state index in [1.54, 1.807) is 0 Å². The van der Waals surface area contributed by atoms with E-state index in [2.05, 4.69) is 16.7 Å². The molecule has 1 aromatic rings. The lowest BCUT2D eigenvalue weighted by Crippen LogP contribution is -2.36. The van der Waals surface area contributed by atoms with Gasteiger partial charge >= 0.3 is 6.03 Å². The molecule has 0 radical (unpaired) electrons. The van der Waals surface area contributed by atoms with E-state index >= 15 is 0 Å². The first kappa shape index (κ1) is 12.4. The van der Waals surface area contributed by atoms with Crippen molar-refractivity contribution in [2.24, 2.45) is 0 Å². The predicted octanol–water partition coefficient (Wildman–Crippen LogP) is 2.82. The van der Waals surface area contributed by atoms with Crippen LogP contribution in [0, 0.1) is 11.3 Å². The fourth-order valence-corrected chi connectivity index (χ4v) is 2.22. The second-order valence-corrected chi connectivity index (χ2v) is 4.61. The summed E-state index contributed by atoms with van der Waals surface area (Å²) >= 11 is 0. The molecule has 1 fully saturated rings. The first-order valence-corrected chi connectivity index (χ1v) is 6.31. The number of anilines is 1. The van der Waals surface area contributed by atoms with Gasteiger partial charge in [-0.2, -0.15) is 5.26 Å². The zero-order valence-electron chi connectivity index (χ0n) is 10.3. The molecule has 18 heavy (non-hydrogen) atoms. The summed E-state index contributed by atoms with van der Waals surface area (Å²) in [6, 6.07) is 9.62. The Morgan fingerprint density at radius 1 is 1.28 bits per heavy atom. The smallest absolute Gasteiger partial charge is 0.319 e. The summed E-state index contributed by atoms with van der Waals surface area (Å²) in [4.78, 5) is 11.7. The first-order chi connectivity index (χ1) is 8.78. The largest absolute Gasteiger partial charge is 0.335 e. The Balaban J connectivity index is 1.84. The standard InChI is InChI=1S/C14H17N3O/c15-10-9-11-5-7-13(8-6-11)17-14(18)16-12-3-1-2-4-12/h5-8,12H,1-4,9H2,(H2,16,17,18). The van der Waals surface area contributed by atoms with Gasteiger partial charge in [0.15, 0.2) is 0 Å². The Morgan fingerprint density at radius 2 is 1.94 bits per heavy atom. The average Bonchev–Trinajstić information content (AvgIpc) is 2.84. The Labute approximate surface area is 107 Å². The Kier molecular flexibility index (Phi) is 4.19. The summed E-state index contributed by atoms with van der Waals surface area (Å²) in [5, 5.41) is 14.3. The molecule has 1 aliphatic carbocycles. The highest BCUT2D eigenvalue weighted by molar-refractivity contribution is 5.89. The number of hydrogen-bond donors (Lipinski definition) is 2. The molecular formula is C14H17N3O. The maximum absolute atomic E-state index is 11.7. The van der Waals surface area contributed by atoms with Crippen LogP contribution in [0.3, 0.4) is 0 Å². The van der Waals surface area contributed by atoms with E-state index in [0.29, 0.717) is 12.5 Å². The van der Waals surface area contributed by atoms with Gasteiger partial charge in [0.25, 0.3) is 0 Å². The van der Waals surface area contributed by atoms with Gasteiger partial charge in [-0.15, -0.1) is 0 Å². The molecule has 0 heterocycles. The van der Waals surface area contributed by atoms with E-state index in [0.717, 1.165) is 24.1 Å². The first-order valence-electron chi connectivity index (χ1n) is 6.31. The van der Waals surface area contributed by atoms with E-state index in [4.69, 9.17) is 5.26 Å². The molecule has 2 amide bonds. The highest BCUT2D eigenvalue weighted by atomic mass is 16.2. The Bertz CT molecular complexity index is 441. The minimum absolute atomic E-state index is 0.144. The number of benzene rings is 1. The highest BCUT2D eigenvalue weighted by Gasteiger charge is 2.16. The number of amides is 2. The number of carbonyl (C=O) groups excluding carboxylic acids is 1. The van der Waals surface area contributed by atoms with Crippen molar-refractivity contribution < 1.29 is 4.79 Å². The van der Waals surface area contributed by atoms with Crippen LogP contribution in [-0.2, 0) is 6.42 Å². The van der Waals surface area contributed by atoms with Gasteiger partial charge in [0.1, 0.15) is 0 Å². The molecule has 0 aliphatic heterocycles. The minimum atomic E-state index is -0.144. The number of hydrogen-bond acceptors (Lipinski definition) is 2. The number of nitrogens with zero attached hydrogens (tertiary/aromatic N) is 1. The molecule has 4 nitrogen and oxygen atoms in total. The third-order valence-corrected chi connectivity index (χ3v) is 3.19. The molecule has 1 aromatic carbocycles. The van der Waals surface area contributed by atoms with Crippen LogP contribution < -0.4 is 10.6 Å². The molecule has 0 bridgehead atoms. The zero-order chi connectivity index (χ0) is 12.8. The number of urea groups is 1. The molecule has 0 spiro atoms. The van der Waals surface area contributed by atoms with Crippen LogP contribution in [0.25, 0.3) is 0 Å². The van der Waals surface area contributed by atoms with Crippen molar-refractivity contribution >= 4 is 11.7 Å². The number of nitriles is 1. The molecule has 0 atom stereocenters. The molecule has 0 unspecified atom stereocenters. The number of carbonyl (C=O) groups is 1. The number of rotatable bonds is 3. The van der Waals surface area contributed by atoms with Gasteiger partial charge in [-0.3, -0.25) is 0 Å². The van der Waals surface area contributed by atoms with Crippen LogP contribution in [-0.4, -0.2) is 12.1 Å². The Morgan fingerprint density at radius 3 is 2.56 bits per heavy atom. The van der Waals surface area contributed by atoms with Gasteiger partial charge in [-0.25, -0.2) is 4.79 Å². The second-order valence-electron chi connectivity index (χ2n) is 4.61. The molecule has 1 aliphatic rings. The summed E-state index contributed by atoms with van der Waals surface area (Å²) in [7, 11) is 0. The number of nitrogens with one attached hydrogen (secondary N) is 2. The van der Waals surface area contributed by atoms with Gasteiger partial charge < -0.3 is 10.6 Å². The molecule has 2 N–H and O–H groups in total. The third-order valence-electron chi connectivity index (χ3n) is 3.19. The lowest BCUT2D eigenvalue weighted by atomic mass is 10.1. The average molecular weight is 243 g/mol. The SMILES string of the molecule is N#CCc1ccc(NC(=O)NC2CCCC2)cc1. The fourth-order valence-electron chi connectivity index (χ4n) is 2.22. The predicted molar refractivity (Wildman–Crippen MR) is 70.2 cm³/mol. The molecule has 0 saturated heterocycles. The van der Waals surface area contributed by atoms with Crippen molar-refractivity contribution in [1.29, 1.82) is 5.26 Å². The Hall–Kier alpha value is -2.02. The zero-order valence-corrected chi connectivity index (χ0v) is 10.3. The van der Waals surface area contributed by atoms with Crippen LogP contribution in [0.15, 0.2) is 24.3 Å². The van der Waals surface area contributed by atoms with Gasteiger partial charge in [0.05, 0.1) is 12.5 Å². The highest BCUT2D eigenvalue weighted by Crippen LogP contribution is 2.17. The van der Waals surface area contributed by atoms with Gasteiger partial charge in [-0.05, 0) is 30.5 Å². The maximum Gasteiger partial charge on any atom is 0.319 e. The van der Waals surface area contributed by atoms with E-state index in [1.807, 2.05) is 24.3 Å². The van der Waals surface area contributed by atoms with Crippen molar-refractivity contribution in [3.05, 3.63) is 29.8 Å². The van der Waals surface area contributed by atoms with Crippen LogP contribution in [0.5, 0.6) is 0 Å². The molecule has 4 heteroatoms. The van der Waals surface area contributed by atoms with E-state index < -0.39 is 0 Å². The van der Waals surface area contributed by atoms with Crippen molar-refractivity contribution in [3.63, 3.8) is 0 Å². The summed E-state index contributed by atoms with van der Waals surface area (Å²) < 4.78 is 0. The quantitative estimate of drug-likeness (QED) is 0.857. The van der Waals surface area contributed by atoms with Crippen molar-refractivity contribution in [2.45, 2.75) is 38.1 Å². The van der Waals surface area contributed by atoms with Gasteiger partial charge in [0.2, 0.25) is 0 Å². The second kappa shape index (κ2) is 6.06. The van der Waals surface area contributed by atoms with Gasteiger partial charge in [0, 0.05) is 11.7 Å². The summed E-state index contributed by atoms with van der Waals surface area (Å²) in [6.07, 6.45) is 4.96. The monoisotopic (exact) mass is 243 g/mol. The third kappa shape index (κ3) is 3.49.